The first kappa shape index (κ1) is 28.6. The van der Waals surface area contributed by atoms with E-state index in [0.29, 0.717) is 32.8 Å². The van der Waals surface area contributed by atoms with Crippen molar-refractivity contribution in [1.29, 1.82) is 5.26 Å². The lowest BCUT2D eigenvalue weighted by Crippen LogP contribution is -2.11. The number of benzene rings is 1. The molecular formula is C26H27N3O7S2. The molecule has 0 fully saturated rings. The van der Waals surface area contributed by atoms with E-state index in [4.69, 9.17) is 23.7 Å². The van der Waals surface area contributed by atoms with E-state index in [1.54, 1.807) is 40.2 Å². The summed E-state index contributed by atoms with van der Waals surface area (Å²) in [5.41, 5.74) is 2.33. The largest absolute Gasteiger partial charge is 0.493 e. The lowest BCUT2D eigenvalue weighted by molar-refractivity contribution is 0.0393. The third kappa shape index (κ3) is 6.49. The highest BCUT2D eigenvalue weighted by atomic mass is 32.1. The molecule has 0 spiro atoms. The number of hydrogen-bond acceptors (Lipinski definition) is 12. The molecule has 38 heavy (non-hydrogen) atoms. The molecule has 0 unspecified atom stereocenters. The summed E-state index contributed by atoms with van der Waals surface area (Å²) in [7, 11) is 4.62. The molecule has 0 radical (unpaired) electrons. The maximum absolute atomic E-state index is 12.7. The summed E-state index contributed by atoms with van der Waals surface area (Å²) < 4.78 is 26.0. The number of anilines is 1. The summed E-state index contributed by atoms with van der Waals surface area (Å²) >= 11 is 2.33. The molecule has 0 aliphatic carbocycles. The van der Waals surface area contributed by atoms with Crippen molar-refractivity contribution in [3.8, 4) is 28.8 Å². The lowest BCUT2D eigenvalue weighted by atomic mass is 10.1. The smallest absolute Gasteiger partial charge is 0.348 e. The zero-order chi connectivity index (χ0) is 27.7. The Bertz CT molecular complexity index is 1370. The van der Waals surface area contributed by atoms with E-state index in [0.717, 1.165) is 16.9 Å². The van der Waals surface area contributed by atoms with Crippen LogP contribution in [0.15, 0.2) is 29.8 Å². The van der Waals surface area contributed by atoms with E-state index in [1.165, 1.54) is 24.6 Å². The molecule has 0 atom stereocenters. The van der Waals surface area contributed by atoms with Crippen LogP contribution in [-0.4, -0.2) is 58.1 Å². The molecule has 10 nitrogen and oxygen atoms in total. The number of rotatable bonds is 12. The fourth-order valence-electron chi connectivity index (χ4n) is 3.35. The van der Waals surface area contributed by atoms with Gasteiger partial charge in [-0.15, -0.1) is 22.7 Å². The van der Waals surface area contributed by atoms with Crippen molar-refractivity contribution in [2.24, 2.45) is 0 Å². The lowest BCUT2D eigenvalue weighted by Gasteiger charge is -2.08. The Kier molecular flexibility index (Phi) is 10.2. The van der Waals surface area contributed by atoms with Crippen LogP contribution in [0.4, 0.5) is 5.00 Å². The van der Waals surface area contributed by atoms with Gasteiger partial charge in [-0.3, -0.25) is 0 Å². The number of hydrogen-bond donors (Lipinski definition) is 1. The molecule has 0 amide bonds. The summed E-state index contributed by atoms with van der Waals surface area (Å²) in [5, 5.41) is 15.5. The normalized spacial score (nSPS) is 11.0. The van der Waals surface area contributed by atoms with E-state index in [-0.39, 0.29) is 35.8 Å². The Morgan fingerprint density at radius 2 is 1.87 bits per heavy atom. The molecule has 0 saturated heterocycles. The molecule has 0 bridgehead atoms. The van der Waals surface area contributed by atoms with Gasteiger partial charge in [-0.2, -0.15) is 5.26 Å². The van der Waals surface area contributed by atoms with Gasteiger partial charge in [-0.1, -0.05) is 0 Å². The van der Waals surface area contributed by atoms with Crippen LogP contribution in [0.2, 0.25) is 0 Å². The van der Waals surface area contributed by atoms with Gasteiger partial charge in [0.25, 0.3) is 0 Å². The number of carbonyl (C=O) groups is 2. The second kappa shape index (κ2) is 13.6. The molecule has 0 saturated carbocycles. The molecule has 2 heterocycles. The minimum Gasteiger partial charge on any atom is -0.493 e. The van der Waals surface area contributed by atoms with Gasteiger partial charge in [0, 0.05) is 24.3 Å². The molecule has 0 aliphatic heterocycles. The van der Waals surface area contributed by atoms with Crippen LogP contribution < -0.4 is 14.8 Å². The molecule has 1 aromatic carbocycles. The molecule has 2 aromatic heterocycles. The van der Waals surface area contributed by atoms with Gasteiger partial charge in [0.1, 0.15) is 33.1 Å². The summed E-state index contributed by atoms with van der Waals surface area (Å²) in [4.78, 5) is 30.1. The predicted molar refractivity (Wildman–Crippen MR) is 145 cm³/mol. The fourth-order valence-corrected chi connectivity index (χ4v) is 5.20. The highest BCUT2D eigenvalue weighted by Crippen LogP contribution is 2.36. The maximum atomic E-state index is 12.7. The number of aromatic nitrogens is 1. The van der Waals surface area contributed by atoms with Gasteiger partial charge < -0.3 is 29.0 Å². The number of allylic oxidation sites excluding steroid dienone is 1. The van der Waals surface area contributed by atoms with Crippen molar-refractivity contribution in [3.05, 3.63) is 50.8 Å². The number of nitriles is 1. The molecule has 12 heteroatoms. The van der Waals surface area contributed by atoms with Crippen LogP contribution >= 0.6 is 22.7 Å². The van der Waals surface area contributed by atoms with Gasteiger partial charge in [0.15, 0.2) is 11.5 Å². The Hall–Kier alpha value is -3.92. The molecule has 3 rings (SSSR count). The standard InChI is InChI=1S/C26H27N3O7S2/c1-6-35-25(30)21-15(2)22(26(31)36-10-9-32-3)38-24(21)28-13-17(12-27)23-29-18(14-37-23)16-7-8-19(33-4)20(11-16)34-5/h7-8,11,13-14,28H,6,9-10H2,1-5H3/b17-13-. The van der Waals surface area contributed by atoms with Crippen molar-refractivity contribution in [1.82, 2.24) is 4.98 Å². The Labute approximate surface area is 228 Å². The Balaban J connectivity index is 1.91. The Morgan fingerprint density at radius 1 is 1.11 bits per heavy atom. The number of ether oxygens (including phenoxy) is 5. The summed E-state index contributed by atoms with van der Waals surface area (Å²) in [6.07, 6.45) is 1.45. The SMILES string of the molecule is CCOC(=O)c1c(N/C=C(/C#N)c2nc(-c3ccc(OC)c(OC)c3)cs2)sc(C(=O)OCCOC)c1C. The van der Waals surface area contributed by atoms with Crippen LogP contribution in [0.25, 0.3) is 16.8 Å². The van der Waals surface area contributed by atoms with Crippen LogP contribution in [0.5, 0.6) is 11.5 Å². The molecule has 1 N–H and O–H groups in total. The Morgan fingerprint density at radius 3 is 2.53 bits per heavy atom. The van der Waals surface area contributed by atoms with Crippen molar-refractivity contribution in [3.63, 3.8) is 0 Å². The topological polar surface area (TPSA) is 129 Å². The number of thiophene rings is 1. The van der Waals surface area contributed by atoms with Crippen molar-refractivity contribution in [2.45, 2.75) is 13.8 Å². The minimum atomic E-state index is -0.586. The number of methoxy groups -OCH3 is 3. The van der Waals surface area contributed by atoms with Crippen LogP contribution in [0.3, 0.4) is 0 Å². The number of thiazole rings is 1. The summed E-state index contributed by atoms with van der Waals surface area (Å²) in [5.74, 6) is -0.00353. The summed E-state index contributed by atoms with van der Waals surface area (Å²) in [6.45, 7) is 3.83. The predicted octanol–water partition coefficient (Wildman–Crippen LogP) is 5.15. The molecule has 3 aromatic rings. The van der Waals surface area contributed by atoms with E-state index in [1.807, 2.05) is 11.4 Å². The molecular weight excluding hydrogens is 530 g/mol. The van der Waals surface area contributed by atoms with Gasteiger partial charge >= 0.3 is 11.9 Å². The maximum Gasteiger partial charge on any atom is 0.348 e. The first-order valence-electron chi connectivity index (χ1n) is 11.4. The molecule has 0 aliphatic rings. The number of nitrogens with one attached hydrogen (secondary N) is 1. The first-order chi connectivity index (χ1) is 18.4. The fraction of sp³-hybridized carbons (Fsp3) is 0.308. The van der Waals surface area contributed by atoms with Gasteiger partial charge in [-0.25, -0.2) is 14.6 Å². The minimum absolute atomic E-state index is 0.0785. The van der Waals surface area contributed by atoms with E-state index >= 15 is 0 Å². The first-order valence-corrected chi connectivity index (χ1v) is 13.1. The van der Waals surface area contributed by atoms with Crippen LogP contribution in [0, 0.1) is 18.3 Å². The monoisotopic (exact) mass is 557 g/mol. The van der Waals surface area contributed by atoms with E-state index in [2.05, 4.69) is 16.4 Å². The third-order valence-corrected chi connectivity index (χ3v) is 7.29. The zero-order valence-corrected chi connectivity index (χ0v) is 23.2. The molecule has 200 valence electrons. The number of esters is 2. The van der Waals surface area contributed by atoms with Crippen molar-refractivity contribution in [2.75, 3.05) is 46.5 Å². The average Bonchev–Trinajstić information content (AvgIpc) is 3.54. The number of nitrogens with zero attached hydrogens (tertiary/aromatic N) is 2. The van der Waals surface area contributed by atoms with Crippen molar-refractivity contribution < 1.29 is 33.3 Å². The third-order valence-electron chi connectivity index (χ3n) is 5.21. The highest BCUT2D eigenvalue weighted by Gasteiger charge is 2.26. The van der Waals surface area contributed by atoms with Gasteiger partial charge in [-0.05, 0) is 37.6 Å². The van der Waals surface area contributed by atoms with Gasteiger partial charge in [0.05, 0.1) is 38.7 Å². The second-order valence-electron chi connectivity index (χ2n) is 7.53. The van der Waals surface area contributed by atoms with Crippen LogP contribution in [0.1, 0.15) is 37.5 Å². The van der Waals surface area contributed by atoms with E-state index in [9.17, 15) is 14.9 Å². The summed E-state index contributed by atoms with van der Waals surface area (Å²) in [6, 6.07) is 7.57. The number of carbonyl (C=O) groups excluding carboxylic acids is 2. The zero-order valence-electron chi connectivity index (χ0n) is 21.6. The van der Waals surface area contributed by atoms with Crippen molar-refractivity contribution >= 4 is 45.2 Å². The quantitative estimate of drug-likeness (QED) is 0.181. The highest BCUT2D eigenvalue weighted by molar-refractivity contribution is 7.18. The van der Waals surface area contributed by atoms with Crippen LogP contribution in [-0.2, 0) is 14.2 Å². The van der Waals surface area contributed by atoms with E-state index < -0.39 is 11.9 Å². The second-order valence-corrected chi connectivity index (χ2v) is 9.41. The average molecular weight is 558 g/mol. The van der Waals surface area contributed by atoms with Gasteiger partial charge in [0.2, 0.25) is 0 Å².